The predicted octanol–water partition coefficient (Wildman–Crippen LogP) is 1.56. The molecule has 9 heavy (non-hydrogen) atoms. The third-order valence-corrected chi connectivity index (χ3v) is 2.74. The molecule has 0 spiro atoms. The van der Waals surface area contributed by atoms with Crippen LogP contribution in [0.2, 0.25) is 0 Å². The van der Waals surface area contributed by atoms with Crippen LogP contribution in [0.5, 0.6) is 0 Å². The molecule has 1 heterocycles. The van der Waals surface area contributed by atoms with Gasteiger partial charge in [-0.2, -0.15) is 0 Å². The van der Waals surface area contributed by atoms with Gasteiger partial charge in [0, 0.05) is 19.8 Å². The Morgan fingerprint density at radius 3 is 2.78 bits per heavy atom. The summed E-state index contributed by atoms with van der Waals surface area (Å²) < 4.78 is 2.12. The summed E-state index contributed by atoms with van der Waals surface area (Å²) in [6, 6.07) is 0.269. The summed E-state index contributed by atoms with van der Waals surface area (Å²) in [4.78, 5) is 0. The Bertz CT molecular complexity index is 144. The third-order valence-electron chi connectivity index (χ3n) is 1.73. The number of hydroxylamine groups is 1. The van der Waals surface area contributed by atoms with E-state index in [1.165, 1.54) is 0 Å². The van der Waals surface area contributed by atoms with E-state index in [0.29, 0.717) is 0 Å². The molecule has 2 nitrogen and oxygen atoms in total. The van der Waals surface area contributed by atoms with Gasteiger partial charge in [-0.15, -0.1) is 0 Å². The number of nitrogens with zero attached hydrogens (tertiary/aromatic N) is 1. The van der Waals surface area contributed by atoms with Crippen molar-refractivity contribution in [1.82, 2.24) is 0 Å². The SMILES string of the molecule is CC1=[N+]([O-])C(CI)CC1. The van der Waals surface area contributed by atoms with Crippen LogP contribution < -0.4 is 0 Å². The second-order valence-corrected chi connectivity index (χ2v) is 3.29. The van der Waals surface area contributed by atoms with Crippen molar-refractivity contribution in [1.29, 1.82) is 0 Å². The summed E-state index contributed by atoms with van der Waals surface area (Å²) >= 11 is 2.26. The van der Waals surface area contributed by atoms with Gasteiger partial charge in [0.15, 0.2) is 11.8 Å². The number of halogens is 1. The van der Waals surface area contributed by atoms with Crippen LogP contribution in [-0.4, -0.2) is 20.9 Å². The lowest BCUT2D eigenvalue weighted by atomic mass is 10.2. The Morgan fingerprint density at radius 1 is 1.89 bits per heavy atom. The average molecular weight is 239 g/mol. The molecule has 1 atom stereocenters. The molecular weight excluding hydrogens is 229 g/mol. The van der Waals surface area contributed by atoms with E-state index in [1.54, 1.807) is 0 Å². The minimum absolute atomic E-state index is 0.269. The zero-order valence-corrected chi connectivity index (χ0v) is 7.59. The monoisotopic (exact) mass is 239 g/mol. The van der Waals surface area contributed by atoms with E-state index in [-0.39, 0.29) is 6.04 Å². The second-order valence-electron chi connectivity index (χ2n) is 2.41. The summed E-state index contributed by atoms with van der Waals surface area (Å²) in [5, 5.41) is 11.0. The predicted molar refractivity (Wildman–Crippen MR) is 46.2 cm³/mol. The van der Waals surface area contributed by atoms with Crippen molar-refractivity contribution in [2.45, 2.75) is 25.8 Å². The topological polar surface area (TPSA) is 26.1 Å². The van der Waals surface area contributed by atoms with Crippen molar-refractivity contribution in [2.24, 2.45) is 0 Å². The van der Waals surface area contributed by atoms with E-state index in [0.717, 1.165) is 27.7 Å². The van der Waals surface area contributed by atoms with Crippen molar-refractivity contribution in [3.8, 4) is 0 Å². The summed E-state index contributed by atoms with van der Waals surface area (Å²) in [6.45, 7) is 1.92. The first kappa shape index (κ1) is 7.31. The van der Waals surface area contributed by atoms with E-state index in [2.05, 4.69) is 22.6 Å². The van der Waals surface area contributed by atoms with Gasteiger partial charge in [0.2, 0.25) is 0 Å². The maximum Gasteiger partial charge on any atom is 0.172 e. The van der Waals surface area contributed by atoms with Crippen LogP contribution in [0.4, 0.5) is 0 Å². The van der Waals surface area contributed by atoms with Crippen molar-refractivity contribution in [2.75, 3.05) is 4.43 Å². The van der Waals surface area contributed by atoms with Crippen LogP contribution in [0, 0.1) is 5.21 Å². The molecule has 0 aromatic heterocycles. The normalized spacial score (nSPS) is 27.6. The smallest absolute Gasteiger partial charge is 0.172 e. The van der Waals surface area contributed by atoms with Crippen molar-refractivity contribution < 1.29 is 4.74 Å². The highest BCUT2D eigenvalue weighted by Crippen LogP contribution is 2.13. The number of rotatable bonds is 1. The zero-order valence-electron chi connectivity index (χ0n) is 5.43. The molecule has 1 aliphatic rings. The fourth-order valence-electron chi connectivity index (χ4n) is 1.05. The van der Waals surface area contributed by atoms with Crippen LogP contribution in [0.25, 0.3) is 0 Å². The molecule has 0 aliphatic carbocycles. The fourth-order valence-corrected chi connectivity index (χ4v) is 1.85. The molecule has 52 valence electrons. The molecule has 3 heteroatoms. The van der Waals surface area contributed by atoms with Gasteiger partial charge in [-0.05, 0) is 0 Å². The molecule has 0 saturated carbocycles. The van der Waals surface area contributed by atoms with Crippen molar-refractivity contribution in [3.63, 3.8) is 0 Å². The molecule has 0 bridgehead atoms. The lowest BCUT2D eigenvalue weighted by molar-refractivity contribution is -0.485. The first-order valence-electron chi connectivity index (χ1n) is 3.10. The summed E-state index contributed by atoms with van der Waals surface area (Å²) in [5.74, 6) is 0. The highest BCUT2D eigenvalue weighted by atomic mass is 127. The third kappa shape index (κ3) is 1.36. The molecule has 1 aliphatic heterocycles. The van der Waals surface area contributed by atoms with Crippen molar-refractivity contribution >= 4 is 28.3 Å². The largest absolute Gasteiger partial charge is 0.624 e. The Morgan fingerprint density at radius 2 is 2.56 bits per heavy atom. The van der Waals surface area contributed by atoms with Crippen LogP contribution in [-0.2, 0) is 0 Å². The maximum absolute atomic E-state index is 11.0. The van der Waals surface area contributed by atoms with Crippen molar-refractivity contribution in [3.05, 3.63) is 5.21 Å². The van der Waals surface area contributed by atoms with Crippen LogP contribution in [0.3, 0.4) is 0 Å². The Hall–Kier alpha value is 0.200. The first-order valence-corrected chi connectivity index (χ1v) is 4.63. The van der Waals surface area contributed by atoms with Gasteiger partial charge in [0.25, 0.3) is 0 Å². The van der Waals surface area contributed by atoms with Gasteiger partial charge in [-0.1, -0.05) is 22.6 Å². The standard InChI is InChI=1S/C6H10INO/c1-5-2-3-6(4-7)8(5)9/h6H,2-4H2,1H3. The molecule has 0 radical (unpaired) electrons. The highest BCUT2D eigenvalue weighted by Gasteiger charge is 2.24. The van der Waals surface area contributed by atoms with E-state index in [1.807, 2.05) is 6.92 Å². The number of alkyl halides is 1. The van der Waals surface area contributed by atoms with E-state index >= 15 is 0 Å². The van der Waals surface area contributed by atoms with Gasteiger partial charge in [-0.25, -0.2) is 4.74 Å². The van der Waals surface area contributed by atoms with Crippen LogP contribution >= 0.6 is 22.6 Å². The Labute approximate surface area is 68.7 Å². The second kappa shape index (κ2) is 2.86. The molecule has 0 aromatic carbocycles. The fraction of sp³-hybridized carbons (Fsp3) is 0.833. The number of hydrogen-bond acceptors (Lipinski definition) is 1. The molecule has 0 amide bonds. The van der Waals surface area contributed by atoms with Gasteiger partial charge >= 0.3 is 0 Å². The summed E-state index contributed by atoms with van der Waals surface area (Å²) in [6.07, 6.45) is 2.05. The summed E-state index contributed by atoms with van der Waals surface area (Å²) in [5.41, 5.74) is 0.997. The summed E-state index contributed by atoms with van der Waals surface area (Å²) in [7, 11) is 0. The average Bonchev–Trinajstić information content (AvgIpc) is 2.15. The number of hydrogen-bond donors (Lipinski definition) is 0. The molecular formula is C6H10INO. The molecule has 0 fully saturated rings. The van der Waals surface area contributed by atoms with E-state index in [9.17, 15) is 5.21 Å². The molecule has 1 rings (SSSR count). The van der Waals surface area contributed by atoms with Crippen LogP contribution in [0.15, 0.2) is 0 Å². The maximum atomic E-state index is 11.0. The lowest BCUT2D eigenvalue weighted by Crippen LogP contribution is -2.18. The molecule has 0 N–H and O–H groups in total. The van der Waals surface area contributed by atoms with Crippen LogP contribution in [0.1, 0.15) is 19.8 Å². The van der Waals surface area contributed by atoms with E-state index < -0.39 is 0 Å². The minimum Gasteiger partial charge on any atom is -0.624 e. The van der Waals surface area contributed by atoms with Gasteiger partial charge < -0.3 is 5.21 Å². The Kier molecular flexibility index (Phi) is 2.32. The quantitative estimate of drug-likeness (QED) is 0.295. The van der Waals surface area contributed by atoms with Gasteiger partial charge in [0.05, 0.1) is 4.43 Å². The molecule has 0 aromatic rings. The van der Waals surface area contributed by atoms with Gasteiger partial charge in [0.1, 0.15) is 0 Å². The Balaban J connectivity index is 2.63. The highest BCUT2D eigenvalue weighted by molar-refractivity contribution is 14.1. The minimum atomic E-state index is 0.269. The first-order chi connectivity index (χ1) is 4.25. The molecule has 1 unspecified atom stereocenters. The zero-order chi connectivity index (χ0) is 6.85. The lowest BCUT2D eigenvalue weighted by Gasteiger charge is -2.06. The van der Waals surface area contributed by atoms with Gasteiger partial charge in [-0.3, -0.25) is 0 Å². The van der Waals surface area contributed by atoms with E-state index in [4.69, 9.17) is 0 Å². The molecule has 0 saturated heterocycles.